The van der Waals surface area contributed by atoms with Crippen LogP contribution >= 0.6 is 0 Å². The van der Waals surface area contributed by atoms with Gasteiger partial charge in [0.2, 0.25) is 0 Å². The van der Waals surface area contributed by atoms with Crippen LogP contribution < -0.4 is 16.8 Å². The van der Waals surface area contributed by atoms with Crippen LogP contribution in [0.5, 0.6) is 0 Å². The highest BCUT2D eigenvalue weighted by Gasteiger charge is 2.25. The number of aromatic amines is 1. The van der Waals surface area contributed by atoms with Crippen molar-refractivity contribution in [2.24, 2.45) is 5.73 Å². The van der Waals surface area contributed by atoms with Crippen LogP contribution in [0.25, 0.3) is 11.1 Å². The number of aromatic nitrogens is 1. The van der Waals surface area contributed by atoms with Gasteiger partial charge in [0.25, 0.3) is 0 Å². The Morgan fingerprint density at radius 2 is 2.25 bits per heavy atom. The smallest absolute Gasteiger partial charge is 0.408 e. The lowest BCUT2D eigenvalue weighted by Gasteiger charge is -2.33. The average Bonchev–Trinajstić information content (AvgIpc) is 2.55. The predicted octanol–water partition coefficient (Wildman–Crippen LogP) is 1.02. The molecule has 3 rings (SSSR count). The number of fused-ring (bicyclic) bond motifs is 1. The minimum absolute atomic E-state index is 0.329. The molecule has 1 aromatic carbocycles. The summed E-state index contributed by atoms with van der Waals surface area (Å²) in [6.07, 6.45) is 2.00. The van der Waals surface area contributed by atoms with Gasteiger partial charge in [-0.05, 0) is 31.0 Å². The molecule has 1 aliphatic carbocycles. The SMILES string of the molecule is NC1CC(Nc2ccc3oc(=O)[nH]c3c2)C1. The van der Waals surface area contributed by atoms with Gasteiger partial charge in [-0.1, -0.05) is 0 Å². The molecule has 1 saturated carbocycles. The van der Waals surface area contributed by atoms with Crippen molar-refractivity contribution in [3.05, 3.63) is 28.7 Å². The van der Waals surface area contributed by atoms with E-state index in [2.05, 4.69) is 10.3 Å². The fraction of sp³-hybridized carbons (Fsp3) is 0.364. The second-order valence-electron chi connectivity index (χ2n) is 4.30. The summed E-state index contributed by atoms with van der Waals surface area (Å²) in [4.78, 5) is 13.6. The summed E-state index contributed by atoms with van der Waals surface area (Å²) in [5.74, 6) is -0.419. The summed E-state index contributed by atoms with van der Waals surface area (Å²) < 4.78 is 4.93. The van der Waals surface area contributed by atoms with Crippen LogP contribution in [0, 0.1) is 0 Å². The Hall–Kier alpha value is -1.75. The molecule has 1 aliphatic rings. The van der Waals surface area contributed by atoms with E-state index in [-0.39, 0.29) is 0 Å². The average molecular weight is 219 g/mol. The zero-order chi connectivity index (χ0) is 11.1. The third-order valence-electron chi connectivity index (χ3n) is 2.96. The van der Waals surface area contributed by atoms with E-state index >= 15 is 0 Å². The summed E-state index contributed by atoms with van der Waals surface area (Å²) in [6.45, 7) is 0. The lowest BCUT2D eigenvalue weighted by molar-refractivity contribution is 0.374. The van der Waals surface area contributed by atoms with E-state index in [9.17, 15) is 4.79 Å². The number of oxazole rings is 1. The van der Waals surface area contributed by atoms with E-state index in [4.69, 9.17) is 10.2 Å². The second kappa shape index (κ2) is 3.38. The molecule has 2 aromatic rings. The highest BCUT2D eigenvalue weighted by atomic mass is 16.4. The molecule has 1 aromatic heterocycles. The molecule has 0 atom stereocenters. The first-order valence-corrected chi connectivity index (χ1v) is 5.36. The van der Waals surface area contributed by atoms with Crippen molar-refractivity contribution in [2.75, 3.05) is 5.32 Å². The molecule has 0 bridgehead atoms. The number of rotatable bonds is 2. The lowest BCUT2D eigenvalue weighted by Crippen LogP contribution is -2.44. The van der Waals surface area contributed by atoms with Crippen LogP contribution in [-0.4, -0.2) is 17.1 Å². The molecule has 84 valence electrons. The third kappa shape index (κ3) is 1.59. The number of H-pyrrole nitrogens is 1. The van der Waals surface area contributed by atoms with Gasteiger partial charge in [0.05, 0.1) is 5.52 Å². The van der Waals surface area contributed by atoms with Crippen molar-refractivity contribution in [3.63, 3.8) is 0 Å². The van der Waals surface area contributed by atoms with Crippen molar-refractivity contribution in [2.45, 2.75) is 24.9 Å². The summed E-state index contributed by atoms with van der Waals surface area (Å²) in [5, 5.41) is 3.37. The van der Waals surface area contributed by atoms with E-state index < -0.39 is 5.76 Å². The molecule has 4 N–H and O–H groups in total. The van der Waals surface area contributed by atoms with Gasteiger partial charge in [0, 0.05) is 17.8 Å². The number of hydrogen-bond donors (Lipinski definition) is 3. The number of anilines is 1. The molecule has 0 spiro atoms. The van der Waals surface area contributed by atoms with Gasteiger partial charge in [0.1, 0.15) is 0 Å². The lowest BCUT2D eigenvalue weighted by atomic mass is 9.87. The van der Waals surface area contributed by atoms with Gasteiger partial charge in [-0.25, -0.2) is 4.79 Å². The summed E-state index contributed by atoms with van der Waals surface area (Å²) in [6, 6.07) is 6.35. The van der Waals surface area contributed by atoms with Gasteiger partial charge < -0.3 is 15.5 Å². The van der Waals surface area contributed by atoms with Crippen LogP contribution in [0.2, 0.25) is 0 Å². The van der Waals surface area contributed by atoms with Crippen LogP contribution in [-0.2, 0) is 0 Å². The van der Waals surface area contributed by atoms with Crippen LogP contribution in [0.3, 0.4) is 0 Å². The normalized spacial score (nSPS) is 24.3. The molecule has 1 heterocycles. The fourth-order valence-corrected chi connectivity index (χ4v) is 2.06. The Bertz CT molecular complexity index is 566. The molecular weight excluding hydrogens is 206 g/mol. The molecule has 16 heavy (non-hydrogen) atoms. The Morgan fingerprint density at radius 3 is 3.00 bits per heavy atom. The van der Waals surface area contributed by atoms with Crippen molar-refractivity contribution in [1.82, 2.24) is 4.98 Å². The second-order valence-corrected chi connectivity index (χ2v) is 4.30. The monoisotopic (exact) mass is 219 g/mol. The molecule has 0 radical (unpaired) electrons. The first kappa shape index (κ1) is 9.47. The highest BCUT2D eigenvalue weighted by Crippen LogP contribution is 2.24. The molecular formula is C11H13N3O2. The van der Waals surface area contributed by atoms with Crippen molar-refractivity contribution >= 4 is 16.8 Å². The maximum atomic E-state index is 11.0. The number of nitrogens with two attached hydrogens (primary N) is 1. The quantitative estimate of drug-likeness (QED) is 0.704. The Morgan fingerprint density at radius 1 is 1.44 bits per heavy atom. The van der Waals surface area contributed by atoms with Gasteiger partial charge in [0.15, 0.2) is 5.58 Å². The van der Waals surface area contributed by atoms with Crippen molar-refractivity contribution in [1.29, 1.82) is 0 Å². The van der Waals surface area contributed by atoms with Gasteiger partial charge >= 0.3 is 5.76 Å². The minimum atomic E-state index is -0.419. The Balaban J connectivity index is 1.84. The topological polar surface area (TPSA) is 84.0 Å². The number of nitrogens with one attached hydrogen (secondary N) is 2. The summed E-state index contributed by atoms with van der Waals surface area (Å²) in [7, 11) is 0. The molecule has 0 amide bonds. The summed E-state index contributed by atoms with van der Waals surface area (Å²) in [5.41, 5.74) is 8.01. The predicted molar refractivity (Wildman–Crippen MR) is 61.5 cm³/mol. The fourth-order valence-electron chi connectivity index (χ4n) is 2.06. The molecule has 0 aliphatic heterocycles. The first-order chi connectivity index (χ1) is 7.70. The maximum absolute atomic E-state index is 11.0. The van der Waals surface area contributed by atoms with Crippen LogP contribution in [0.1, 0.15) is 12.8 Å². The highest BCUT2D eigenvalue weighted by molar-refractivity contribution is 5.76. The van der Waals surface area contributed by atoms with Gasteiger partial charge in [-0.3, -0.25) is 4.98 Å². The third-order valence-corrected chi connectivity index (χ3v) is 2.96. The van der Waals surface area contributed by atoms with Gasteiger partial charge in [-0.15, -0.1) is 0 Å². The minimum Gasteiger partial charge on any atom is -0.408 e. The van der Waals surface area contributed by atoms with Crippen molar-refractivity contribution in [3.8, 4) is 0 Å². The Kier molecular flexibility index (Phi) is 2.00. The standard InChI is InChI=1S/C11H13N3O2/c12-6-3-8(4-6)13-7-1-2-10-9(5-7)14-11(15)16-10/h1-2,5-6,8,13H,3-4,12H2,(H,14,15). The van der Waals surface area contributed by atoms with E-state index in [0.717, 1.165) is 24.0 Å². The molecule has 0 saturated heterocycles. The zero-order valence-electron chi connectivity index (χ0n) is 8.69. The van der Waals surface area contributed by atoms with E-state index in [1.807, 2.05) is 12.1 Å². The maximum Gasteiger partial charge on any atom is 0.417 e. The van der Waals surface area contributed by atoms with E-state index in [1.165, 1.54) is 0 Å². The number of benzene rings is 1. The largest absolute Gasteiger partial charge is 0.417 e. The summed E-state index contributed by atoms with van der Waals surface area (Å²) >= 11 is 0. The molecule has 5 heteroatoms. The molecule has 0 unspecified atom stereocenters. The molecule has 1 fully saturated rings. The molecule has 5 nitrogen and oxygen atoms in total. The van der Waals surface area contributed by atoms with E-state index in [1.54, 1.807) is 6.07 Å². The number of hydrogen-bond acceptors (Lipinski definition) is 4. The van der Waals surface area contributed by atoms with E-state index in [0.29, 0.717) is 17.7 Å². The van der Waals surface area contributed by atoms with Crippen LogP contribution in [0.15, 0.2) is 27.4 Å². The van der Waals surface area contributed by atoms with Crippen molar-refractivity contribution < 1.29 is 4.42 Å². The zero-order valence-corrected chi connectivity index (χ0v) is 8.69. The Labute approximate surface area is 91.6 Å². The first-order valence-electron chi connectivity index (χ1n) is 5.36. The van der Waals surface area contributed by atoms with Gasteiger partial charge in [-0.2, -0.15) is 0 Å². The van der Waals surface area contributed by atoms with Crippen LogP contribution in [0.4, 0.5) is 5.69 Å².